The van der Waals surface area contributed by atoms with Gasteiger partial charge in [-0.05, 0) is 18.4 Å². The molecule has 1 rings (SSSR count). The van der Waals surface area contributed by atoms with Gasteiger partial charge < -0.3 is 5.21 Å². The van der Waals surface area contributed by atoms with E-state index in [1.807, 2.05) is 18.4 Å². The van der Waals surface area contributed by atoms with Crippen molar-refractivity contribution in [3.05, 3.63) is 34.9 Å². The smallest absolute Gasteiger partial charge is 0.0966 e. The number of nitrogens with zero attached hydrogens (tertiary/aromatic N) is 1. The lowest BCUT2D eigenvalue weighted by atomic mass is 10.1. The minimum Gasteiger partial charge on any atom is -0.411 e. The van der Waals surface area contributed by atoms with Crippen molar-refractivity contribution >= 4 is 29.1 Å². The molecule has 0 aromatic heterocycles. The molecule has 1 N–H and O–H groups in total. The molecule has 1 aromatic rings. The van der Waals surface area contributed by atoms with Crippen LogP contribution in [0.3, 0.4) is 0 Å². The maximum atomic E-state index is 8.72. The Balaban J connectivity index is 2.87. The first-order valence-corrected chi connectivity index (χ1v) is 5.51. The second-order valence-electron chi connectivity index (χ2n) is 2.49. The first-order valence-electron chi connectivity index (χ1n) is 3.73. The van der Waals surface area contributed by atoms with Crippen LogP contribution in [0.15, 0.2) is 29.4 Å². The number of hydrogen-bond donors (Lipinski definition) is 1. The van der Waals surface area contributed by atoms with Gasteiger partial charge in [0.25, 0.3) is 0 Å². The molecule has 0 heterocycles. The van der Waals surface area contributed by atoms with Crippen molar-refractivity contribution in [2.24, 2.45) is 5.16 Å². The lowest BCUT2D eigenvalue weighted by Crippen LogP contribution is -2.03. The van der Waals surface area contributed by atoms with Crippen molar-refractivity contribution in [3.63, 3.8) is 0 Å². The second-order valence-corrected chi connectivity index (χ2v) is 3.79. The molecule has 1 aromatic carbocycles. The van der Waals surface area contributed by atoms with Crippen molar-refractivity contribution in [1.82, 2.24) is 0 Å². The van der Waals surface area contributed by atoms with Gasteiger partial charge in [0.05, 0.1) is 5.71 Å². The van der Waals surface area contributed by atoms with Crippen LogP contribution in [0.25, 0.3) is 0 Å². The predicted molar refractivity (Wildman–Crippen MR) is 58.2 cm³/mol. The third-order valence-electron chi connectivity index (χ3n) is 1.58. The summed E-state index contributed by atoms with van der Waals surface area (Å²) in [5.41, 5.74) is 1.57. The average molecular weight is 216 g/mol. The van der Waals surface area contributed by atoms with E-state index in [9.17, 15) is 0 Å². The van der Waals surface area contributed by atoms with E-state index >= 15 is 0 Å². The topological polar surface area (TPSA) is 32.6 Å². The molecule has 4 heteroatoms. The van der Waals surface area contributed by atoms with Gasteiger partial charge in [0.2, 0.25) is 0 Å². The van der Waals surface area contributed by atoms with Gasteiger partial charge in [-0.15, -0.1) is 0 Å². The van der Waals surface area contributed by atoms with Crippen molar-refractivity contribution in [2.75, 3.05) is 12.0 Å². The second kappa shape index (κ2) is 5.14. The van der Waals surface area contributed by atoms with Crippen LogP contribution >= 0.6 is 23.4 Å². The summed E-state index contributed by atoms with van der Waals surface area (Å²) in [6.45, 7) is 0. The van der Waals surface area contributed by atoms with E-state index in [2.05, 4.69) is 5.16 Å². The zero-order chi connectivity index (χ0) is 9.68. The van der Waals surface area contributed by atoms with Gasteiger partial charge in [0.15, 0.2) is 0 Å². The number of halogens is 1. The predicted octanol–water partition coefficient (Wildman–Crippen LogP) is 2.88. The largest absolute Gasteiger partial charge is 0.411 e. The van der Waals surface area contributed by atoms with Gasteiger partial charge in [-0.3, -0.25) is 0 Å². The van der Waals surface area contributed by atoms with Crippen LogP contribution in [0.4, 0.5) is 0 Å². The van der Waals surface area contributed by atoms with Crippen molar-refractivity contribution in [3.8, 4) is 0 Å². The van der Waals surface area contributed by atoms with Gasteiger partial charge >= 0.3 is 0 Å². The first-order chi connectivity index (χ1) is 6.27. The summed E-state index contributed by atoms with van der Waals surface area (Å²) in [5, 5.41) is 12.6. The molecule has 0 aliphatic carbocycles. The molecule has 0 saturated carbocycles. The molecule has 0 fully saturated rings. The molecule has 2 nitrogen and oxygen atoms in total. The number of benzene rings is 1. The Hall–Kier alpha value is -0.670. The fourth-order valence-corrected chi connectivity index (χ4v) is 1.57. The van der Waals surface area contributed by atoms with E-state index in [4.69, 9.17) is 16.8 Å². The molecule has 0 saturated heterocycles. The molecule has 0 aliphatic heterocycles. The minimum absolute atomic E-state index is 0.671. The van der Waals surface area contributed by atoms with E-state index in [1.165, 1.54) is 0 Å². The molecule has 0 atom stereocenters. The Morgan fingerprint density at radius 2 is 2.08 bits per heavy atom. The minimum atomic E-state index is 0.671. The molecule has 0 spiro atoms. The molecule has 0 bridgehead atoms. The molecule has 13 heavy (non-hydrogen) atoms. The molecular weight excluding hydrogens is 206 g/mol. The Labute approximate surface area is 86.6 Å². The van der Waals surface area contributed by atoms with Crippen molar-refractivity contribution in [1.29, 1.82) is 0 Å². The highest BCUT2D eigenvalue weighted by atomic mass is 35.5. The normalized spacial score (nSPS) is 11.7. The molecule has 70 valence electrons. The SMILES string of the molecule is CSC/C(=N/O)c1ccc(Cl)cc1. The van der Waals surface area contributed by atoms with Crippen LogP contribution in [-0.2, 0) is 0 Å². The van der Waals surface area contributed by atoms with Crippen LogP contribution in [0.5, 0.6) is 0 Å². The van der Waals surface area contributed by atoms with Crippen LogP contribution < -0.4 is 0 Å². The van der Waals surface area contributed by atoms with Gasteiger partial charge in [-0.25, -0.2) is 0 Å². The fraction of sp³-hybridized carbons (Fsp3) is 0.222. The lowest BCUT2D eigenvalue weighted by Gasteiger charge is -2.01. The summed E-state index contributed by atoms with van der Waals surface area (Å²) in [4.78, 5) is 0. The summed E-state index contributed by atoms with van der Waals surface area (Å²) in [6.07, 6.45) is 1.96. The van der Waals surface area contributed by atoms with Gasteiger partial charge in [0, 0.05) is 16.3 Å². The number of hydrogen-bond acceptors (Lipinski definition) is 3. The quantitative estimate of drug-likeness (QED) is 0.478. The van der Waals surface area contributed by atoms with E-state index < -0.39 is 0 Å². The van der Waals surface area contributed by atoms with E-state index in [-0.39, 0.29) is 0 Å². The number of rotatable bonds is 3. The zero-order valence-electron chi connectivity index (χ0n) is 7.20. The first kappa shape index (κ1) is 10.4. The standard InChI is InChI=1S/C9H10ClNOS/c1-13-6-9(11-12)7-2-4-8(10)5-3-7/h2-5,12H,6H2,1H3/b11-9-. The van der Waals surface area contributed by atoms with Crippen LogP contribution in [-0.4, -0.2) is 22.9 Å². The Morgan fingerprint density at radius 3 is 2.54 bits per heavy atom. The highest BCUT2D eigenvalue weighted by molar-refractivity contribution is 7.99. The summed E-state index contributed by atoms with van der Waals surface area (Å²) < 4.78 is 0. The molecular formula is C9H10ClNOS. The molecule has 0 radical (unpaired) electrons. The van der Waals surface area contributed by atoms with Crippen LogP contribution in [0.1, 0.15) is 5.56 Å². The third-order valence-corrected chi connectivity index (χ3v) is 2.39. The lowest BCUT2D eigenvalue weighted by molar-refractivity contribution is 0.319. The third kappa shape index (κ3) is 2.94. The summed E-state index contributed by atoms with van der Waals surface area (Å²) >= 11 is 7.34. The zero-order valence-corrected chi connectivity index (χ0v) is 8.77. The monoisotopic (exact) mass is 215 g/mol. The number of thioether (sulfide) groups is 1. The molecule has 0 aliphatic rings. The van der Waals surface area contributed by atoms with Crippen molar-refractivity contribution in [2.45, 2.75) is 0 Å². The van der Waals surface area contributed by atoms with E-state index in [0.29, 0.717) is 16.5 Å². The van der Waals surface area contributed by atoms with E-state index in [0.717, 1.165) is 5.56 Å². The Kier molecular flexibility index (Phi) is 4.12. The Bertz CT molecular complexity index is 297. The van der Waals surface area contributed by atoms with Crippen LogP contribution in [0.2, 0.25) is 5.02 Å². The molecule has 0 unspecified atom stereocenters. The maximum Gasteiger partial charge on any atom is 0.0966 e. The highest BCUT2D eigenvalue weighted by Gasteiger charge is 2.02. The van der Waals surface area contributed by atoms with Crippen LogP contribution in [0, 0.1) is 0 Å². The highest BCUT2D eigenvalue weighted by Crippen LogP contribution is 2.11. The van der Waals surface area contributed by atoms with Gasteiger partial charge in [-0.2, -0.15) is 11.8 Å². The van der Waals surface area contributed by atoms with Gasteiger partial charge in [0.1, 0.15) is 0 Å². The maximum absolute atomic E-state index is 8.72. The Morgan fingerprint density at radius 1 is 1.46 bits per heavy atom. The van der Waals surface area contributed by atoms with Crippen molar-refractivity contribution < 1.29 is 5.21 Å². The fourth-order valence-electron chi connectivity index (χ4n) is 0.949. The summed E-state index contributed by atoms with van der Waals surface area (Å²) in [6, 6.07) is 7.24. The summed E-state index contributed by atoms with van der Waals surface area (Å²) in [5.74, 6) is 0.693. The molecule has 0 amide bonds. The average Bonchev–Trinajstić information content (AvgIpc) is 2.16. The summed E-state index contributed by atoms with van der Waals surface area (Å²) in [7, 11) is 0. The number of oxime groups is 1. The van der Waals surface area contributed by atoms with E-state index in [1.54, 1.807) is 23.9 Å². The van der Waals surface area contributed by atoms with Gasteiger partial charge in [-0.1, -0.05) is 28.9 Å².